The zero-order chi connectivity index (χ0) is 28.3. The molecule has 0 heterocycles. The second-order valence-electron chi connectivity index (χ2n) is 9.34. The first kappa shape index (κ1) is 24.6. The van der Waals surface area contributed by atoms with Crippen LogP contribution in [0.5, 0.6) is 0 Å². The van der Waals surface area contributed by atoms with E-state index in [0.717, 1.165) is 16.2 Å². The molecule has 8 heteroatoms. The molecule has 0 radical (unpaired) electrons. The van der Waals surface area contributed by atoms with E-state index in [0.29, 0.717) is 16.3 Å². The van der Waals surface area contributed by atoms with E-state index in [2.05, 4.69) is 0 Å². The summed E-state index contributed by atoms with van der Waals surface area (Å²) in [5, 5.41) is 44.5. The summed E-state index contributed by atoms with van der Waals surface area (Å²) in [5.74, 6) is -6.68. The van der Waals surface area contributed by atoms with E-state index in [1.165, 1.54) is 12.1 Å². The zero-order valence-corrected chi connectivity index (χ0v) is 20.5. The van der Waals surface area contributed by atoms with Crippen molar-refractivity contribution in [2.24, 2.45) is 0 Å². The molecule has 0 bridgehead atoms. The van der Waals surface area contributed by atoms with Gasteiger partial charge in [0.25, 0.3) is 0 Å². The summed E-state index contributed by atoms with van der Waals surface area (Å²) in [6.07, 6.45) is 0. The molecule has 0 aliphatic rings. The van der Waals surface area contributed by atoms with E-state index in [4.69, 9.17) is 0 Å². The molecule has 0 atom stereocenters. The lowest BCUT2D eigenvalue weighted by molar-refractivity contribution is 0.0635. The molecule has 0 unspecified atom stereocenters. The third-order valence-electron chi connectivity index (χ3n) is 7.19. The van der Waals surface area contributed by atoms with Crippen LogP contribution in [0.3, 0.4) is 0 Å². The van der Waals surface area contributed by atoms with Crippen molar-refractivity contribution in [1.82, 2.24) is 0 Å². The maximum absolute atomic E-state index is 12.8. The fourth-order valence-electron chi connectivity index (χ4n) is 5.64. The van der Waals surface area contributed by atoms with E-state index >= 15 is 0 Å². The highest BCUT2D eigenvalue weighted by atomic mass is 16.4. The second kappa shape index (κ2) is 8.92. The Bertz CT molecular complexity index is 2120. The van der Waals surface area contributed by atoms with Gasteiger partial charge in [-0.05, 0) is 61.5 Å². The van der Waals surface area contributed by atoms with E-state index in [-0.39, 0.29) is 21.7 Å². The number of carboxylic acid groups (broad SMARTS) is 4. The Hall–Kier alpha value is -5.76. The van der Waals surface area contributed by atoms with Crippen LogP contribution >= 0.6 is 0 Å². The minimum Gasteiger partial charge on any atom is -0.478 e. The number of aromatic carboxylic acids is 4. The Balaban J connectivity index is 1.97. The SMILES string of the molecule is O=C(O)c1c(C(=O)O)c(C(=O)O)c2c(C(=O)O)c3ccccc3cc2c1-c1cccc2cc3ccccc3cc12. The molecule has 0 aliphatic heterocycles. The van der Waals surface area contributed by atoms with Crippen molar-refractivity contribution in [2.75, 3.05) is 0 Å². The lowest BCUT2D eigenvalue weighted by Gasteiger charge is -2.20. The number of carbonyl (C=O) groups is 4. The van der Waals surface area contributed by atoms with Gasteiger partial charge in [-0.1, -0.05) is 66.7 Å². The van der Waals surface area contributed by atoms with E-state index < -0.39 is 46.1 Å². The number of hydrogen-bond donors (Lipinski definition) is 4. The number of hydrogen-bond acceptors (Lipinski definition) is 4. The molecule has 0 amide bonds. The van der Waals surface area contributed by atoms with Gasteiger partial charge in [0.15, 0.2) is 0 Å². The van der Waals surface area contributed by atoms with E-state index in [9.17, 15) is 39.6 Å². The topological polar surface area (TPSA) is 149 Å². The van der Waals surface area contributed by atoms with Crippen LogP contribution in [0.2, 0.25) is 0 Å². The van der Waals surface area contributed by atoms with Crippen molar-refractivity contribution in [3.63, 3.8) is 0 Å². The maximum Gasteiger partial charge on any atom is 0.337 e. The Morgan fingerprint density at radius 1 is 0.425 bits per heavy atom. The van der Waals surface area contributed by atoms with Gasteiger partial charge in [0, 0.05) is 10.9 Å². The summed E-state index contributed by atoms with van der Waals surface area (Å²) in [7, 11) is 0. The summed E-state index contributed by atoms with van der Waals surface area (Å²) < 4.78 is 0. The maximum atomic E-state index is 12.8. The van der Waals surface area contributed by atoms with Crippen molar-refractivity contribution < 1.29 is 39.6 Å². The molecular weight excluding hydrogens is 512 g/mol. The molecule has 8 nitrogen and oxygen atoms in total. The molecule has 194 valence electrons. The van der Waals surface area contributed by atoms with Crippen LogP contribution in [0.25, 0.3) is 54.2 Å². The van der Waals surface area contributed by atoms with Gasteiger partial charge in [-0.25, -0.2) is 19.2 Å². The van der Waals surface area contributed by atoms with Gasteiger partial charge < -0.3 is 20.4 Å². The van der Waals surface area contributed by atoms with E-state index in [1.54, 1.807) is 30.3 Å². The molecule has 0 spiro atoms. The van der Waals surface area contributed by atoms with Crippen LogP contribution in [0.15, 0.2) is 84.9 Å². The first-order valence-electron chi connectivity index (χ1n) is 12.1. The minimum atomic E-state index is -1.80. The van der Waals surface area contributed by atoms with Gasteiger partial charge in [0.05, 0.1) is 22.3 Å². The van der Waals surface area contributed by atoms with Crippen molar-refractivity contribution in [2.45, 2.75) is 0 Å². The molecule has 4 N–H and O–H groups in total. The first-order valence-corrected chi connectivity index (χ1v) is 12.1. The highest BCUT2D eigenvalue weighted by Crippen LogP contribution is 2.44. The molecular formula is C32H18O8. The average Bonchev–Trinajstić information content (AvgIpc) is 2.92. The highest BCUT2D eigenvalue weighted by molar-refractivity contribution is 6.30. The predicted molar refractivity (Wildman–Crippen MR) is 150 cm³/mol. The highest BCUT2D eigenvalue weighted by Gasteiger charge is 2.34. The molecule has 6 rings (SSSR count). The average molecular weight is 530 g/mol. The molecule has 0 saturated carbocycles. The number of rotatable bonds is 5. The normalized spacial score (nSPS) is 11.3. The molecule has 0 saturated heterocycles. The monoisotopic (exact) mass is 530 g/mol. The minimum absolute atomic E-state index is 0.0107. The van der Waals surface area contributed by atoms with Crippen LogP contribution in [-0.4, -0.2) is 44.3 Å². The Morgan fingerprint density at radius 2 is 0.925 bits per heavy atom. The van der Waals surface area contributed by atoms with Crippen molar-refractivity contribution in [3.8, 4) is 11.1 Å². The fourth-order valence-corrected chi connectivity index (χ4v) is 5.64. The lowest BCUT2D eigenvalue weighted by atomic mass is 9.81. The quantitative estimate of drug-likeness (QED) is 0.179. The predicted octanol–water partition coefficient (Wildman–Crippen LogP) is 6.76. The third kappa shape index (κ3) is 3.54. The molecule has 0 aliphatic carbocycles. The Morgan fingerprint density at radius 3 is 1.55 bits per heavy atom. The molecule has 40 heavy (non-hydrogen) atoms. The summed E-state index contributed by atoms with van der Waals surface area (Å²) in [4.78, 5) is 50.6. The number of carboxylic acids is 4. The number of fused-ring (bicyclic) bond motifs is 4. The standard InChI is InChI=1S/C32H18O8/c33-29(34)25-19-10-4-3-8-18(19)14-22-23(26(30(35)36)28(32(39)40)27(24(22)25)31(37)38)20-11-5-9-17-12-15-6-1-2-7-16(15)13-21(17)20/h1-14H,(H,33,34)(H,35,36)(H,37,38)(H,39,40). The van der Waals surface area contributed by atoms with Crippen molar-refractivity contribution >= 4 is 67.0 Å². The molecule has 0 aromatic heterocycles. The summed E-state index contributed by atoms with van der Waals surface area (Å²) in [6.45, 7) is 0. The van der Waals surface area contributed by atoms with Gasteiger partial charge in [-0.15, -0.1) is 0 Å². The Kier molecular flexibility index (Phi) is 5.48. The largest absolute Gasteiger partial charge is 0.478 e. The lowest BCUT2D eigenvalue weighted by Crippen LogP contribution is -2.18. The Labute approximate surface area is 224 Å². The fraction of sp³-hybridized carbons (Fsp3) is 0. The van der Waals surface area contributed by atoms with Gasteiger partial charge in [0.1, 0.15) is 0 Å². The van der Waals surface area contributed by atoms with E-state index in [1.807, 2.05) is 42.5 Å². The van der Waals surface area contributed by atoms with Crippen LogP contribution in [0.4, 0.5) is 0 Å². The summed E-state index contributed by atoms with van der Waals surface area (Å²) in [5.41, 5.74) is -2.77. The second-order valence-corrected chi connectivity index (χ2v) is 9.34. The number of benzene rings is 6. The van der Waals surface area contributed by atoms with Crippen LogP contribution < -0.4 is 0 Å². The van der Waals surface area contributed by atoms with Crippen LogP contribution in [-0.2, 0) is 0 Å². The van der Waals surface area contributed by atoms with Gasteiger partial charge >= 0.3 is 23.9 Å². The van der Waals surface area contributed by atoms with Crippen LogP contribution in [0, 0.1) is 0 Å². The smallest absolute Gasteiger partial charge is 0.337 e. The first-order chi connectivity index (χ1) is 19.2. The van der Waals surface area contributed by atoms with Gasteiger partial charge in [-0.2, -0.15) is 0 Å². The van der Waals surface area contributed by atoms with Crippen molar-refractivity contribution in [3.05, 3.63) is 107 Å². The molecule has 6 aromatic rings. The summed E-state index contributed by atoms with van der Waals surface area (Å²) in [6, 6.07) is 24.4. The zero-order valence-electron chi connectivity index (χ0n) is 20.5. The van der Waals surface area contributed by atoms with Crippen molar-refractivity contribution in [1.29, 1.82) is 0 Å². The van der Waals surface area contributed by atoms with Gasteiger partial charge in [-0.3, -0.25) is 0 Å². The molecule has 6 aromatic carbocycles. The summed E-state index contributed by atoms with van der Waals surface area (Å²) >= 11 is 0. The molecule has 0 fully saturated rings. The third-order valence-corrected chi connectivity index (χ3v) is 7.19. The van der Waals surface area contributed by atoms with Crippen LogP contribution in [0.1, 0.15) is 41.4 Å². The van der Waals surface area contributed by atoms with Gasteiger partial charge in [0.2, 0.25) is 0 Å².